The van der Waals surface area contributed by atoms with Crippen LogP contribution in [0.4, 0.5) is 30.7 Å². The normalized spacial score (nSPS) is 18.4. The van der Waals surface area contributed by atoms with E-state index in [9.17, 15) is 30.7 Å². The monoisotopic (exact) mass is 228 g/mol. The number of aliphatic hydroxyl groups is 1. The minimum atomic E-state index is -6.08. The maximum atomic E-state index is 12.5. The predicted octanol–water partition coefficient (Wildman–Crippen LogP) is 2.59. The molecule has 0 aromatic carbocycles. The van der Waals surface area contributed by atoms with E-state index < -0.39 is 30.5 Å². The Bertz CT molecular complexity index is 199. The highest BCUT2D eigenvalue weighted by atomic mass is 19.4. The molecule has 14 heavy (non-hydrogen) atoms. The van der Waals surface area contributed by atoms with Gasteiger partial charge in [0.25, 0.3) is 17.9 Å². The van der Waals surface area contributed by atoms with Crippen molar-refractivity contribution >= 4 is 0 Å². The van der Waals surface area contributed by atoms with E-state index in [-0.39, 0.29) is 0 Å². The molecule has 0 aromatic rings. The van der Waals surface area contributed by atoms with Crippen molar-refractivity contribution in [1.82, 2.24) is 0 Å². The number of rotatable bonds is 3. The quantitative estimate of drug-likeness (QED) is 0.736. The number of alkyl halides is 7. The summed E-state index contributed by atoms with van der Waals surface area (Å²) in [5.41, 5.74) is -5.28. The Morgan fingerprint density at radius 1 is 1.07 bits per heavy atom. The van der Waals surface area contributed by atoms with Crippen LogP contribution in [0.2, 0.25) is 0 Å². The molecule has 0 aliphatic rings. The van der Waals surface area contributed by atoms with Crippen molar-refractivity contribution in [2.45, 2.75) is 37.5 Å². The largest absolute Gasteiger partial charge is 0.429 e. The van der Waals surface area contributed by atoms with E-state index >= 15 is 0 Å². The van der Waals surface area contributed by atoms with Gasteiger partial charge in [0.15, 0.2) is 0 Å². The summed E-state index contributed by atoms with van der Waals surface area (Å²) in [6, 6.07) is 0. The van der Waals surface area contributed by atoms with Crippen molar-refractivity contribution in [3.05, 3.63) is 0 Å². The zero-order valence-electron chi connectivity index (χ0n) is 6.88. The lowest BCUT2D eigenvalue weighted by Crippen LogP contribution is -2.63. The third-order valence-electron chi connectivity index (χ3n) is 1.75. The number of halogens is 7. The van der Waals surface area contributed by atoms with Crippen molar-refractivity contribution in [1.29, 1.82) is 0 Å². The van der Waals surface area contributed by atoms with Crippen LogP contribution in [-0.2, 0) is 0 Å². The molecule has 1 N–H and O–H groups in total. The van der Waals surface area contributed by atoms with E-state index in [1.807, 2.05) is 0 Å². The first-order valence-electron chi connectivity index (χ1n) is 3.45. The molecule has 0 aliphatic carbocycles. The van der Waals surface area contributed by atoms with Crippen LogP contribution < -0.4 is 0 Å². The van der Waals surface area contributed by atoms with Crippen LogP contribution in [0.3, 0.4) is 0 Å². The Labute approximate surface area is 74.5 Å². The average molecular weight is 228 g/mol. The van der Waals surface area contributed by atoms with E-state index in [0.29, 0.717) is 6.92 Å². The van der Waals surface area contributed by atoms with Gasteiger partial charge in [-0.2, -0.15) is 13.2 Å². The minimum absolute atomic E-state index is 0.569. The van der Waals surface area contributed by atoms with Gasteiger partial charge in [-0.1, -0.05) is 6.92 Å². The van der Waals surface area contributed by atoms with Crippen LogP contribution in [0.25, 0.3) is 0 Å². The summed E-state index contributed by atoms with van der Waals surface area (Å²) in [7, 11) is 0. The maximum absolute atomic E-state index is 12.5. The SMILES string of the molecule is CCC(F)(F)C(O)(C(F)F)C(F)(F)F. The Morgan fingerprint density at radius 2 is 1.43 bits per heavy atom. The van der Waals surface area contributed by atoms with E-state index in [0.717, 1.165) is 0 Å². The third kappa shape index (κ3) is 1.79. The van der Waals surface area contributed by atoms with Crippen molar-refractivity contribution in [2.24, 2.45) is 0 Å². The third-order valence-corrected chi connectivity index (χ3v) is 1.75. The highest BCUT2D eigenvalue weighted by Crippen LogP contribution is 2.47. The average Bonchev–Trinajstić information content (AvgIpc) is 2.00. The van der Waals surface area contributed by atoms with Gasteiger partial charge in [-0.05, 0) is 0 Å². The summed E-state index contributed by atoms with van der Waals surface area (Å²) >= 11 is 0. The molecule has 0 saturated heterocycles. The Morgan fingerprint density at radius 3 is 1.50 bits per heavy atom. The molecular weight excluding hydrogens is 221 g/mol. The molecule has 0 fully saturated rings. The molecule has 0 aliphatic heterocycles. The molecule has 1 unspecified atom stereocenters. The van der Waals surface area contributed by atoms with Gasteiger partial charge in [0, 0.05) is 6.42 Å². The minimum Gasteiger partial charge on any atom is -0.372 e. The fourth-order valence-corrected chi connectivity index (χ4v) is 0.760. The van der Waals surface area contributed by atoms with Gasteiger partial charge >= 0.3 is 6.18 Å². The number of hydrogen-bond donors (Lipinski definition) is 1. The first-order valence-corrected chi connectivity index (χ1v) is 3.45. The zero-order valence-corrected chi connectivity index (χ0v) is 6.88. The van der Waals surface area contributed by atoms with Crippen LogP contribution in [0.15, 0.2) is 0 Å². The molecule has 0 spiro atoms. The maximum Gasteiger partial charge on any atom is 0.429 e. The van der Waals surface area contributed by atoms with E-state index in [2.05, 4.69) is 0 Å². The topological polar surface area (TPSA) is 20.2 Å². The van der Waals surface area contributed by atoms with Gasteiger partial charge in [0.1, 0.15) is 0 Å². The summed E-state index contributed by atoms with van der Waals surface area (Å²) in [6.07, 6.45) is -12.2. The van der Waals surface area contributed by atoms with Crippen molar-refractivity contribution in [2.75, 3.05) is 0 Å². The Hall–Kier alpha value is -0.530. The van der Waals surface area contributed by atoms with Gasteiger partial charge in [-0.3, -0.25) is 0 Å². The number of hydrogen-bond acceptors (Lipinski definition) is 1. The molecule has 0 rings (SSSR count). The highest BCUT2D eigenvalue weighted by molar-refractivity contribution is 5.00. The second-order valence-electron chi connectivity index (χ2n) is 2.62. The standard InChI is InChI=1S/C6H7F7O/c1-2-4(9,10)5(14,3(7)8)6(11,12)13/h3,14H,2H2,1H3. The lowest BCUT2D eigenvalue weighted by atomic mass is 9.93. The zero-order chi connectivity index (χ0) is 11.8. The second kappa shape index (κ2) is 3.56. The molecular formula is C6H7F7O. The van der Waals surface area contributed by atoms with Gasteiger partial charge in [0.05, 0.1) is 0 Å². The van der Waals surface area contributed by atoms with Crippen LogP contribution in [0.1, 0.15) is 13.3 Å². The molecule has 0 aromatic heterocycles. The Balaban J connectivity index is 5.33. The molecule has 0 radical (unpaired) electrons. The first kappa shape index (κ1) is 13.5. The first-order chi connectivity index (χ1) is 6.00. The van der Waals surface area contributed by atoms with Crippen molar-refractivity contribution < 1.29 is 35.8 Å². The van der Waals surface area contributed by atoms with Crippen molar-refractivity contribution in [3.63, 3.8) is 0 Å². The molecule has 0 saturated carbocycles. The lowest BCUT2D eigenvalue weighted by molar-refractivity contribution is -0.365. The smallest absolute Gasteiger partial charge is 0.372 e. The summed E-state index contributed by atoms with van der Waals surface area (Å²) in [4.78, 5) is 0. The van der Waals surface area contributed by atoms with Crippen molar-refractivity contribution in [3.8, 4) is 0 Å². The Kier molecular flexibility index (Phi) is 3.42. The highest BCUT2D eigenvalue weighted by Gasteiger charge is 2.73. The summed E-state index contributed by atoms with van der Waals surface area (Å²) in [5.74, 6) is -4.92. The van der Waals surface area contributed by atoms with Crippen LogP contribution in [0.5, 0.6) is 0 Å². The molecule has 0 amide bonds. The van der Waals surface area contributed by atoms with Gasteiger partial charge in [0.2, 0.25) is 0 Å². The van der Waals surface area contributed by atoms with Crippen LogP contribution >= 0.6 is 0 Å². The fraction of sp³-hybridized carbons (Fsp3) is 1.00. The molecule has 86 valence electrons. The van der Waals surface area contributed by atoms with E-state index in [1.54, 1.807) is 0 Å². The van der Waals surface area contributed by atoms with Crippen LogP contribution in [0, 0.1) is 0 Å². The summed E-state index contributed by atoms with van der Waals surface area (Å²) in [5, 5.41) is 8.33. The molecule has 0 heterocycles. The van der Waals surface area contributed by atoms with Gasteiger partial charge in [-0.25, -0.2) is 17.6 Å². The molecule has 8 heteroatoms. The second-order valence-corrected chi connectivity index (χ2v) is 2.62. The lowest BCUT2D eigenvalue weighted by Gasteiger charge is -2.35. The predicted molar refractivity (Wildman–Crippen MR) is 32.2 cm³/mol. The summed E-state index contributed by atoms with van der Waals surface area (Å²) < 4.78 is 84.1. The fourth-order valence-electron chi connectivity index (χ4n) is 0.760. The van der Waals surface area contributed by atoms with E-state index in [1.165, 1.54) is 0 Å². The molecule has 1 atom stereocenters. The molecule has 1 nitrogen and oxygen atoms in total. The van der Waals surface area contributed by atoms with Crippen LogP contribution in [-0.4, -0.2) is 29.2 Å². The summed E-state index contributed by atoms with van der Waals surface area (Å²) in [6.45, 7) is 0.569. The van der Waals surface area contributed by atoms with Gasteiger partial charge < -0.3 is 5.11 Å². The van der Waals surface area contributed by atoms with E-state index in [4.69, 9.17) is 5.11 Å². The molecule has 0 bridgehead atoms. The van der Waals surface area contributed by atoms with Gasteiger partial charge in [-0.15, -0.1) is 0 Å².